The second-order valence-corrected chi connectivity index (χ2v) is 5.58. The molecule has 1 aliphatic rings. The van der Waals surface area contributed by atoms with Gasteiger partial charge in [0.05, 0.1) is 24.3 Å². The normalized spacial score (nSPS) is 18.9. The van der Waals surface area contributed by atoms with Gasteiger partial charge in [0.25, 0.3) is 5.91 Å². The monoisotopic (exact) mass is 287 g/mol. The van der Waals surface area contributed by atoms with Gasteiger partial charge in [0, 0.05) is 11.3 Å². The molecule has 2 N–H and O–H groups in total. The Bertz CT molecular complexity index is 644. The van der Waals surface area contributed by atoms with E-state index in [2.05, 4.69) is 5.32 Å². The maximum Gasteiger partial charge on any atom is 0.251 e. The largest absolute Gasteiger partial charge is 0.389 e. The molecule has 0 radical (unpaired) electrons. The van der Waals surface area contributed by atoms with Crippen LogP contribution in [-0.4, -0.2) is 29.0 Å². The minimum absolute atomic E-state index is 0.00661. The number of benzene rings is 1. The van der Waals surface area contributed by atoms with E-state index >= 15 is 0 Å². The number of rotatable bonds is 2. The molecule has 0 spiro atoms. The molecule has 0 aromatic heterocycles. The summed E-state index contributed by atoms with van der Waals surface area (Å²) in [4.78, 5) is 25.3. The molecule has 110 valence electrons. The lowest BCUT2D eigenvalue weighted by molar-refractivity contribution is -0.135. The van der Waals surface area contributed by atoms with E-state index in [1.54, 1.807) is 43.9 Å². The lowest BCUT2D eigenvalue weighted by Gasteiger charge is -2.42. The number of nitrogens with one attached hydrogen (secondary N) is 1. The molecule has 1 saturated heterocycles. The van der Waals surface area contributed by atoms with E-state index in [1.807, 2.05) is 6.07 Å². The predicted octanol–water partition coefficient (Wildman–Crippen LogP) is 0.853. The van der Waals surface area contributed by atoms with Crippen molar-refractivity contribution < 1.29 is 14.7 Å². The standard InChI is InChI=1S/C15H17N3O3/c1-9(19)11-5-4-10(7-16)6-12(11)18-8-13(20)17-14(21)15(18,2)3/h4-6,9,19H,8H2,1-3H3,(H,17,20,21)/t9-/m1/s1. The Morgan fingerprint density at radius 1 is 1.43 bits per heavy atom. The van der Waals surface area contributed by atoms with Crippen molar-refractivity contribution in [1.29, 1.82) is 5.26 Å². The number of carbonyl (C=O) groups excluding carboxylic acids is 2. The molecule has 1 aromatic rings. The van der Waals surface area contributed by atoms with Gasteiger partial charge in [0.15, 0.2) is 0 Å². The fourth-order valence-electron chi connectivity index (χ4n) is 2.37. The van der Waals surface area contributed by atoms with Crippen LogP contribution in [0.25, 0.3) is 0 Å². The van der Waals surface area contributed by atoms with Gasteiger partial charge in [-0.2, -0.15) is 5.26 Å². The van der Waals surface area contributed by atoms with Crippen LogP contribution >= 0.6 is 0 Å². The van der Waals surface area contributed by atoms with Crippen molar-refractivity contribution in [3.05, 3.63) is 29.3 Å². The summed E-state index contributed by atoms with van der Waals surface area (Å²) in [5.74, 6) is -0.809. The summed E-state index contributed by atoms with van der Waals surface area (Å²) >= 11 is 0. The second kappa shape index (κ2) is 5.19. The zero-order valence-corrected chi connectivity index (χ0v) is 12.2. The molecule has 6 heteroatoms. The van der Waals surface area contributed by atoms with Crippen molar-refractivity contribution in [2.75, 3.05) is 11.4 Å². The number of nitriles is 1. The molecule has 6 nitrogen and oxygen atoms in total. The van der Waals surface area contributed by atoms with Crippen molar-refractivity contribution in [2.24, 2.45) is 0 Å². The minimum atomic E-state index is -0.953. The zero-order chi connectivity index (χ0) is 15.8. The first-order valence-electron chi connectivity index (χ1n) is 6.61. The van der Waals surface area contributed by atoms with Gasteiger partial charge in [-0.3, -0.25) is 14.9 Å². The summed E-state index contributed by atoms with van der Waals surface area (Å²) in [5.41, 5.74) is 0.552. The van der Waals surface area contributed by atoms with Crippen molar-refractivity contribution in [1.82, 2.24) is 5.32 Å². The summed E-state index contributed by atoms with van der Waals surface area (Å²) in [7, 11) is 0. The number of aliphatic hydroxyl groups excluding tert-OH is 1. The van der Waals surface area contributed by atoms with Crippen molar-refractivity contribution in [2.45, 2.75) is 32.4 Å². The third-order valence-corrected chi connectivity index (χ3v) is 3.69. The van der Waals surface area contributed by atoms with Crippen molar-refractivity contribution in [3.63, 3.8) is 0 Å². The molecule has 21 heavy (non-hydrogen) atoms. The smallest absolute Gasteiger partial charge is 0.251 e. The third-order valence-electron chi connectivity index (χ3n) is 3.69. The zero-order valence-electron chi connectivity index (χ0n) is 12.2. The molecule has 0 unspecified atom stereocenters. The molecule has 0 aliphatic carbocycles. The lowest BCUT2D eigenvalue weighted by atomic mass is 9.94. The van der Waals surface area contributed by atoms with Crippen LogP contribution in [0.5, 0.6) is 0 Å². The first kappa shape index (κ1) is 15.0. The summed E-state index contributed by atoms with van der Waals surface area (Å²) in [6, 6.07) is 6.87. The van der Waals surface area contributed by atoms with E-state index in [-0.39, 0.29) is 6.54 Å². The first-order valence-corrected chi connectivity index (χ1v) is 6.61. The number of hydrogen-bond donors (Lipinski definition) is 2. The summed E-state index contributed by atoms with van der Waals surface area (Å²) in [5, 5.41) is 21.3. The Hall–Kier alpha value is -2.39. The fraction of sp³-hybridized carbons (Fsp3) is 0.400. The lowest BCUT2D eigenvalue weighted by Crippen LogP contribution is -2.64. The Labute approximate surface area is 123 Å². The molecule has 1 atom stereocenters. The van der Waals surface area contributed by atoms with Crippen LogP contribution in [0.2, 0.25) is 0 Å². The number of aliphatic hydroxyl groups is 1. The Balaban J connectivity index is 2.60. The average molecular weight is 287 g/mol. The van der Waals surface area contributed by atoms with Gasteiger partial charge < -0.3 is 10.0 Å². The maximum absolute atomic E-state index is 12.0. The van der Waals surface area contributed by atoms with Gasteiger partial charge in [-0.1, -0.05) is 6.07 Å². The quantitative estimate of drug-likeness (QED) is 0.787. The predicted molar refractivity (Wildman–Crippen MR) is 76.4 cm³/mol. The highest BCUT2D eigenvalue weighted by Gasteiger charge is 2.42. The molecular weight excluding hydrogens is 270 g/mol. The van der Waals surface area contributed by atoms with Crippen LogP contribution in [-0.2, 0) is 9.59 Å². The van der Waals surface area contributed by atoms with Gasteiger partial charge >= 0.3 is 0 Å². The SMILES string of the molecule is C[C@@H](O)c1ccc(C#N)cc1N1CC(=O)NC(=O)C1(C)C. The maximum atomic E-state index is 12.0. The molecule has 1 fully saturated rings. The van der Waals surface area contributed by atoms with Gasteiger partial charge in [-0.25, -0.2) is 0 Å². The highest BCUT2D eigenvalue weighted by molar-refractivity contribution is 6.06. The van der Waals surface area contributed by atoms with E-state index in [1.165, 1.54) is 0 Å². The molecule has 0 bridgehead atoms. The number of amides is 2. The summed E-state index contributed by atoms with van der Waals surface area (Å²) in [6.45, 7) is 4.98. The van der Waals surface area contributed by atoms with E-state index in [9.17, 15) is 14.7 Å². The number of carbonyl (C=O) groups is 2. The molecule has 1 aromatic carbocycles. The van der Waals surface area contributed by atoms with Crippen LogP contribution in [0.4, 0.5) is 5.69 Å². The molecular formula is C15H17N3O3. The molecule has 0 saturated carbocycles. The number of hydrogen-bond acceptors (Lipinski definition) is 5. The van der Waals surface area contributed by atoms with Crippen LogP contribution in [0.15, 0.2) is 18.2 Å². The Morgan fingerprint density at radius 2 is 2.10 bits per heavy atom. The van der Waals surface area contributed by atoms with Gasteiger partial charge in [0.2, 0.25) is 5.91 Å². The van der Waals surface area contributed by atoms with E-state index in [0.29, 0.717) is 16.8 Å². The topological polar surface area (TPSA) is 93.4 Å². The molecule has 2 amide bonds. The van der Waals surface area contributed by atoms with Crippen LogP contribution < -0.4 is 10.2 Å². The molecule has 2 rings (SSSR count). The number of nitrogens with zero attached hydrogens (tertiary/aromatic N) is 2. The molecule has 1 aliphatic heterocycles. The number of piperazine rings is 1. The van der Waals surface area contributed by atoms with Gasteiger partial charge in [0.1, 0.15) is 5.54 Å². The summed E-state index contributed by atoms with van der Waals surface area (Å²) < 4.78 is 0. The average Bonchev–Trinajstić information content (AvgIpc) is 2.42. The summed E-state index contributed by atoms with van der Waals surface area (Å²) in [6.07, 6.45) is -0.774. The van der Waals surface area contributed by atoms with Crippen LogP contribution in [0, 0.1) is 11.3 Å². The third kappa shape index (κ3) is 2.60. The Kier molecular flexibility index (Phi) is 3.71. The fourth-order valence-corrected chi connectivity index (χ4v) is 2.37. The number of imide groups is 1. The van der Waals surface area contributed by atoms with Crippen LogP contribution in [0.3, 0.4) is 0 Å². The van der Waals surface area contributed by atoms with Gasteiger partial charge in [-0.15, -0.1) is 0 Å². The van der Waals surface area contributed by atoms with E-state index in [4.69, 9.17) is 5.26 Å². The highest BCUT2D eigenvalue weighted by Crippen LogP contribution is 2.33. The highest BCUT2D eigenvalue weighted by atomic mass is 16.3. The van der Waals surface area contributed by atoms with Gasteiger partial charge in [-0.05, 0) is 32.9 Å². The number of anilines is 1. The second-order valence-electron chi connectivity index (χ2n) is 5.58. The van der Waals surface area contributed by atoms with E-state index < -0.39 is 23.5 Å². The van der Waals surface area contributed by atoms with Crippen molar-refractivity contribution in [3.8, 4) is 6.07 Å². The van der Waals surface area contributed by atoms with Crippen molar-refractivity contribution >= 4 is 17.5 Å². The van der Waals surface area contributed by atoms with Crippen LogP contribution in [0.1, 0.15) is 38.0 Å². The first-order chi connectivity index (χ1) is 9.77. The minimum Gasteiger partial charge on any atom is -0.389 e. The Morgan fingerprint density at radius 3 is 2.67 bits per heavy atom. The van der Waals surface area contributed by atoms with E-state index in [0.717, 1.165) is 0 Å². The molecule has 1 heterocycles.